The van der Waals surface area contributed by atoms with Gasteiger partial charge in [0.1, 0.15) is 11.5 Å². The van der Waals surface area contributed by atoms with Crippen molar-refractivity contribution in [3.8, 4) is 0 Å². The monoisotopic (exact) mass is 328 g/mol. The molecule has 1 aliphatic rings. The minimum Gasteiger partial charge on any atom is -0.356 e. The number of rotatable bonds is 3. The van der Waals surface area contributed by atoms with Gasteiger partial charge in [0.05, 0.1) is 0 Å². The summed E-state index contributed by atoms with van der Waals surface area (Å²) in [6.45, 7) is 4.67. The van der Waals surface area contributed by atoms with Crippen molar-refractivity contribution in [3.05, 3.63) is 53.3 Å². The van der Waals surface area contributed by atoms with Crippen molar-refractivity contribution in [2.45, 2.75) is 6.54 Å². The standard InChI is InChI=1S/C17H17ClN4O/c18-13-4-5-16-14(11-13)15(20-23-16)12-21-7-9-22(10-8-21)17-3-1-2-6-19-17/h1-6,11H,7-10,12H2. The fraction of sp³-hybridized carbons (Fsp3) is 0.294. The SMILES string of the molecule is Clc1ccc2onc(CN3CCN(c4ccccn4)CC3)c2c1. The van der Waals surface area contributed by atoms with Gasteiger partial charge in [-0.15, -0.1) is 0 Å². The van der Waals surface area contributed by atoms with Gasteiger partial charge in [0.25, 0.3) is 0 Å². The quantitative estimate of drug-likeness (QED) is 0.739. The van der Waals surface area contributed by atoms with E-state index in [0.29, 0.717) is 5.02 Å². The molecule has 0 bridgehead atoms. The van der Waals surface area contributed by atoms with E-state index in [1.807, 2.05) is 36.5 Å². The Morgan fingerprint density at radius 3 is 2.74 bits per heavy atom. The molecule has 0 amide bonds. The van der Waals surface area contributed by atoms with E-state index in [1.54, 1.807) is 0 Å². The van der Waals surface area contributed by atoms with E-state index in [0.717, 1.165) is 55.2 Å². The van der Waals surface area contributed by atoms with Crippen LogP contribution in [0.15, 0.2) is 47.1 Å². The molecule has 3 aromatic rings. The lowest BCUT2D eigenvalue weighted by Crippen LogP contribution is -2.46. The van der Waals surface area contributed by atoms with E-state index in [-0.39, 0.29) is 0 Å². The van der Waals surface area contributed by atoms with Crippen molar-refractivity contribution in [3.63, 3.8) is 0 Å². The molecular formula is C17H17ClN4O. The molecule has 5 nitrogen and oxygen atoms in total. The highest BCUT2D eigenvalue weighted by atomic mass is 35.5. The molecule has 0 spiro atoms. The number of piperazine rings is 1. The first-order valence-electron chi connectivity index (χ1n) is 7.72. The summed E-state index contributed by atoms with van der Waals surface area (Å²) in [6, 6.07) is 11.6. The molecule has 4 rings (SSSR count). The van der Waals surface area contributed by atoms with E-state index >= 15 is 0 Å². The summed E-state index contributed by atoms with van der Waals surface area (Å²) in [5.74, 6) is 1.05. The Kier molecular flexibility index (Phi) is 3.89. The normalized spacial score (nSPS) is 16.1. The zero-order valence-electron chi connectivity index (χ0n) is 12.7. The third-order valence-corrected chi connectivity index (χ3v) is 4.46. The fourth-order valence-electron chi connectivity index (χ4n) is 2.96. The lowest BCUT2D eigenvalue weighted by Gasteiger charge is -2.34. The maximum absolute atomic E-state index is 6.08. The molecule has 0 saturated carbocycles. The fourth-order valence-corrected chi connectivity index (χ4v) is 3.13. The maximum atomic E-state index is 6.08. The highest BCUT2D eigenvalue weighted by Gasteiger charge is 2.20. The van der Waals surface area contributed by atoms with Crippen LogP contribution in [-0.4, -0.2) is 41.2 Å². The van der Waals surface area contributed by atoms with Gasteiger partial charge in [-0.3, -0.25) is 4.90 Å². The Bertz CT molecular complexity index is 797. The molecule has 1 saturated heterocycles. The molecule has 0 N–H and O–H groups in total. The van der Waals surface area contributed by atoms with Crippen molar-refractivity contribution >= 4 is 28.4 Å². The smallest absolute Gasteiger partial charge is 0.167 e. The molecule has 1 aromatic carbocycles. The molecule has 1 fully saturated rings. The highest BCUT2D eigenvalue weighted by molar-refractivity contribution is 6.31. The average molecular weight is 329 g/mol. The zero-order chi connectivity index (χ0) is 15.6. The second-order valence-corrected chi connectivity index (χ2v) is 6.16. The Morgan fingerprint density at radius 1 is 1.09 bits per heavy atom. The number of aromatic nitrogens is 2. The molecule has 3 heterocycles. The molecule has 6 heteroatoms. The number of benzene rings is 1. The van der Waals surface area contributed by atoms with Crippen molar-refractivity contribution in [2.75, 3.05) is 31.1 Å². The Hall–Kier alpha value is -2.11. The van der Waals surface area contributed by atoms with E-state index in [9.17, 15) is 0 Å². The predicted molar refractivity (Wildman–Crippen MR) is 90.7 cm³/mol. The number of anilines is 1. The molecule has 2 aromatic heterocycles. The van der Waals surface area contributed by atoms with E-state index in [4.69, 9.17) is 16.1 Å². The molecular weight excluding hydrogens is 312 g/mol. The van der Waals surface area contributed by atoms with Gasteiger partial charge >= 0.3 is 0 Å². The summed E-state index contributed by atoms with van der Waals surface area (Å²) < 4.78 is 5.38. The van der Waals surface area contributed by atoms with Crippen LogP contribution in [0.3, 0.4) is 0 Å². The van der Waals surface area contributed by atoms with Crippen LogP contribution in [0.5, 0.6) is 0 Å². The largest absolute Gasteiger partial charge is 0.356 e. The summed E-state index contributed by atoms with van der Waals surface area (Å²) in [7, 11) is 0. The van der Waals surface area contributed by atoms with Crippen LogP contribution < -0.4 is 4.90 Å². The summed E-state index contributed by atoms with van der Waals surface area (Å²) in [5.41, 5.74) is 1.74. The second kappa shape index (κ2) is 6.18. The third-order valence-electron chi connectivity index (χ3n) is 4.23. The number of hydrogen-bond donors (Lipinski definition) is 0. The van der Waals surface area contributed by atoms with Crippen LogP contribution in [0, 0.1) is 0 Å². The molecule has 0 aliphatic carbocycles. The van der Waals surface area contributed by atoms with Crippen LogP contribution in [-0.2, 0) is 6.54 Å². The first-order valence-corrected chi connectivity index (χ1v) is 8.09. The topological polar surface area (TPSA) is 45.4 Å². The Labute approximate surface area is 139 Å². The number of nitrogens with zero attached hydrogens (tertiary/aromatic N) is 4. The number of fused-ring (bicyclic) bond motifs is 1. The van der Waals surface area contributed by atoms with Gasteiger partial charge in [0, 0.05) is 49.3 Å². The number of pyridine rings is 1. The van der Waals surface area contributed by atoms with Gasteiger partial charge in [-0.05, 0) is 30.3 Å². The van der Waals surface area contributed by atoms with Gasteiger partial charge < -0.3 is 9.42 Å². The van der Waals surface area contributed by atoms with Crippen LogP contribution in [0.2, 0.25) is 5.02 Å². The molecule has 23 heavy (non-hydrogen) atoms. The summed E-state index contributed by atoms with van der Waals surface area (Å²) in [5, 5.41) is 5.92. The zero-order valence-corrected chi connectivity index (χ0v) is 13.4. The molecule has 0 unspecified atom stereocenters. The third kappa shape index (κ3) is 3.02. The predicted octanol–water partition coefficient (Wildman–Crippen LogP) is 3.20. The van der Waals surface area contributed by atoms with E-state index < -0.39 is 0 Å². The van der Waals surface area contributed by atoms with Crippen LogP contribution in [0.25, 0.3) is 11.0 Å². The molecule has 1 aliphatic heterocycles. The minimum atomic E-state index is 0.710. The van der Waals surface area contributed by atoms with Crippen LogP contribution >= 0.6 is 11.6 Å². The van der Waals surface area contributed by atoms with Crippen LogP contribution in [0.4, 0.5) is 5.82 Å². The maximum Gasteiger partial charge on any atom is 0.167 e. The van der Waals surface area contributed by atoms with Crippen molar-refractivity contribution in [1.82, 2.24) is 15.0 Å². The van der Waals surface area contributed by atoms with E-state index in [1.165, 1.54) is 0 Å². The lowest BCUT2D eigenvalue weighted by atomic mass is 10.2. The molecule has 0 atom stereocenters. The van der Waals surface area contributed by atoms with Crippen molar-refractivity contribution in [2.24, 2.45) is 0 Å². The first kappa shape index (κ1) is 14.5. The Balaban J connectivity index is 1.44. The van der Waals surface area contributed by atoms with Gasteiger partial charge in [-0.25, -0.2) is 4.98 Å². The van der Waals surface area contributed by atoms with Crippen molar-refractivity contribution < 1.29 is 4.52 Å². The summed E-state index contributed by atoms with van der Waals surface area (Å²) in [6.07, 6.45) is 1.84. The first-order chi connectivity index (χ1) is 11.3. The Morgan fingerprint density at radius 2 is 1.96 bits per heavy atom. The van der Waals surface area contributed by atoms with Gasteiger partial charge in [-0.1, -0.05) is 22.8 Å². The van der Waals surface area contributed by atoms with Gasteiger partial charge in [-0.2, -0.15) is 0 Å². The number of halogens is 1. The van der Waals surface area contributed by atoms with Gasteiger partial charge in [0.2, 0.25) is 0 Å². The van der Waals surface area contributed by atoms with E-state index in [2.05, 4.69) is 26.0 Å². The van der Waals surface area contributed by atoms with Crippen LogP contribution in [0.1, 0.15) is 5.69 Å². The van der Waals surface area contributed by atoms with Gasteiger partial charge in [0.15, 0.2) is 5.58 Å². The second-order valence-electron chi connectivity index (χ2n) is 5.72. The summed E-state index contributed by atoms with van der Waals surface area (Å²) >= 11 is 6.08. The number of hydrogen-bond acceptors (Lipinski definition) is 5. The minimum absolute atomic E-state index is 0.710. The highest BCUT2D eigenvalue weighted by Crippen LogP contribution is 2.24. The molecule has 118 valence electrons. The lowest BCUT2D eigenvalue weighted by molar-refractivity contribution is 0.243. The average Bonchev–Trinajstić information content (AvgIpc) is 2.98. The molecule has 0 radical (unpaired) electrons. The summed E-state index contributed by atoms with van der Waals surface area (Å²) in [4.78, 5) is 9.12. The van der Waals surface area contributed by atoms with Crippen molar-refractivity contribution in [1.29, 1.82) is 0 Å².